The molecule has 332 valence electrons. The number of rotatable bonds is 8. The van der Waals surface area contributed by atoms with E-state index in [0.29, 0.717) is 58.5 Å². The standard InChI is InChI=1S/C40H57Cl2N15O4S/c1-30-45-34(41)31(27-58)36(46-30)49-3-11-54(12-4-49)19-23-56(24-20-54)15-7-51(8-16-56)38-33(53(60)61)39(44-29-43-38)52-9-17-57(18-10-52)25-21-55(22-26-57)13-5-50(6-14-55)37-32(28-59)35(42)47-40(48-37)62-2/h27-29H,3-26H2,1-2H3/q+4. The SMILES string of the molecule is CSc1nc(Cl)c(C=O)c(N2CC[N+]3(CC2)CC[N+]2(CCN(c4ncnc(N5CC[N+]6(CC5)CC[N+]5(CCN(c7nc(C)nc(Cl)c7C=O)CC5)CC6)c4[N+](=O)[O-])CC2)CC3)n1. The number of carbonyl (C=O) groups excluding carboxylic acids is 2. The number of aryl methyl sites for hydroxylation is 1. The van der Waals surface area contributed by atoms with Crippen LogP contribution in [-0.4, -0.2) is 229 Å². The first-order valence-electron chi connectivity index (χ1n) is 21.9. The number of aldehydes is 2. The minimum atomic E-state index is -0.268. The van der Waals surface area contributed by atoms with Gasteiger partial charge in [-0.15, -0.1) is 0 Å². The molecule has 0 radical (unpaired) electrons. The molecule has 0 bridgehead atoms. The van der Waals surface area contributed by atoms with Gasteiger partial charge < -0.3 is 37.5 Å². The zero-order valence-corrected chi connectivity index (χ0v) is 38.0. The fraction of sp³-hybridized carbons (Fsp3) is 0.650. The van der Waals surface area contributed by atoms with Crippen molar-refractivity contribution in [2.24, 2.45) is 0 Å². The van der Waals surface area contributed by atoms with Gasteiger partial charge >= 0.3 is 5.69 Å². The van der Waals surface area contributed by atoms with Crippen LogP contribution in [0, 0.1) is 17.0 Å². The number of nitro groups is 1. The van der Waals surface area contributed by atoms with E-state index in [4.69, 9.17) is 23.2 Å². The summed E-state index contributed by atoms with van der Waals surface area (Å²) in [7, 11) is 0. The number of halogens is 2. The second-order valence-electron chi connectivity index (χ2n) is 18.3. The Labute approximate surface area is 376 Å². The zero-order chi connectivity index (χ0) is 43.3. The number of hydrogen-bond donors (Lipinski definition) is 0. The molecule has 0 amide bonds. The Hall–Kier alpha value is -4.05. The van der Waals surface area contributed by atoms with Crippen LogP contribution in [0.25, 0.3) is 0 Å². The first-order chi connectivity index (χ1) is 29.9. The van der Waals surface area contributed by atoms with Gasteiger partial charge in [-0.3, -0.25) is 19.7 Å². The third kappa shape index (κ3) is 8.15. The normalized spacial score (nSPS) is 23.0. The summed E-state index contributed by atoms with van der Waals surface area (Å²) >= 11 is 14.1. The van der Waals surface area contributed by atoms with Crippen molar-refractivity contribution in [1.82, 2.24) is 29.9 Å². The van der Waals surface area contributed by atoms with Crippen molar-refractivity contribution >= 4 is 76.5 Å². The maximum atomic E-state index is 12.8. The van der Waals surface area contributed by atoms with Gasteiger partial charge in [0.25, 0.3) is 0 Å². The number of anilines is 4. The van der Waals surface area contributed by atoms with Crippen LogP contribution in [0.1, 0.15) is 26.5 Å². The molecule has 9 heterocycles. The predicted octanol–water partition coefficient (Wildman–Crippen LogP) is 1.90. The van der Waals surface area contributed by atoms with Gasteiger partial charge in [0.1, 0.15) is 86.5 Å². The molecule has 22 heteroatoms. The summed E-state index contributed by atoms with van der Waals surface area (Å²) in [4.78, 5) is 71.7. The smallest absolute Gasteiger partial charge is 0.345 e. The van der Waals surface area contributed by atoms with Crippen molar-refractivity contribution < 1.29 is 32.4 Å². The van der Waals surface area contributed by atoms with Gasteiger partial charge in [-0.2, -0.15) is 0 Å². The lowest BCUT2D eigenvalue weighted by Crippen LogP contribution is -2.73. The third-order valence-corrected chi connectivity index (χ3v) is 16.5. The highest BCUT2D eigenvalue weighted by Gasteiger charge is 2.48. The van der Waals surface area contributed by atoms with Crippen LogP contribution in [-0.2, 0) is 0 Å². The second kappa shape index (κ2) is 17.2. The van der Waals surface area contributed by atoms with E-state index in [9.17, 15) is 19.7 Å². The van der Waals surface area contributed by atoms with Gasteiger partial charge in [0.15, 0.2) is 17.7 Å². The van der Waals surface area contributed by atoms with Gasteiger partial charge in [0, 0.05) is 0 Å². The first kappa shape index (κ1) is 43.2. The van der Waals surface area contributed by atoms with Gasteiger partial charge in [0.05, 0.1) is 121 Å². The monoisotopic (exact) mass is 913 g/mol. The molecule has 0 atom stereocenters. The minimum absolute atomic E-state index is 0.0294. The van der Waals surface area contributed by atoms with Crippen molar-refractivity contribution in [2.45, 2.75) is 12.1 Å². The number of piperazine rings is 6. The highest BCUT2D eigenvalue weighted by molar-refractivity contribution is 7.98. The first-order valence-corrected chi connectivity index (χ1v) is 23.8. The van der Waals surface area contributed by atoms with E-state index in [1.54, 1.807) is 6.92 Å². The van der Waals surface area contributed by atoms with E-state index < -0.39 is 0 Å². The number of carbonyl (C=O) groups is 2. The Balaban J connectivity index is 0.779. The molecular formula is C40H57Cl2N15O4S+4. The quantitative estimate of drug-likeness (QED) is 0.0611. The molecule has 0 unspecified atom stereocenters. The fourth-order valence-electron chi connectivity index (χ4n) is 11.0. The molecule has 0 aromatic carbocycles. The zero-order valence-electron chi connectivity index (χ0n) is 35.7. The van der Waals surface area contributed by atoms with Crippen LogP contribution in [0.4, 0.5) is 29.0 Å². The van der Waals surface area contributed by atoms with Gasteiger partial charge in [-0.1, -0.05) is 35.0 Å². The topological polar surface area (TPSA) is 168 Å². The number of hydrogen-bond acceptors (Lipinski definition) is 15. The van der Waals surface area contributed by atoms with Crippen LogP contribution < -0.4 is 19.6 Å². The maximum Gasteiger partial charge on any atom is 0.353 e. The Bertz CT molecular complexity index is 2180. The molecular weight excluding hydrogens is 858 g/mol. The fourth-order valence-corrected chi connectivity index (χ4v) is 11.9. The van der Waals surface area contributed by atoms with Gasteiger partial charge in [0.2, 0.25) is 11.6 Å². The van der Waals surface area contributed by atoms with Crippen LogP contribution >= 0.6 is 35.0 Å². The summed E-state index contributed by atoms with van der Waals surface area (Å²) in [5, 5.41) is 13.8. The Morgan fingerprint density at radius 2 is 0.903 bits per heavy atom. The highest BCUT2D eigenvalue weighted by atomic mass is 35.5. The molecule has 0 aliphatic carbocycles. The summed E-state index contributed by atoms with van der Waals surface area (Å²) in [6.07, 6.45) is 4.94. The van der Waals surface area contributed by atoms with Crippen LogP contribution in [0.2, 0.25) is 10.3 Å². The van der Waals surface area contributed by atoms with Crippen molar-refractivity contribution in [3.05, 3.63) is 43.7 Å². The summed E-state index contributed by atoms with van der Waals surface area (Å²) in [6.45, 7) is 24.2. The lowest BCUT2D eigenvalue weighted by molar-refractivity contribution is -1.03. The van der Waals surface area contributed by atoms with E-state index in [-0.39, 0.29) is 20.9 Å². The second-order valence-corrected chi connectivity index (χ2v) is 19.8. The molecule has 9 rings (SSSR count). The molecule has 19 nitrogen and oxygen atoms in total. The summed E-state index contributed by atoms with van der Waals surface area (Å²) in [6, 6.07) is 0. The molecule has 0 saturated carbocycles. The van der Waals surface area contributed by atoms with E-state index >= 15 is 0 Å². The third-order valence-electron chi connectivity index (χ3n) is 15.4. The molecule has 6 aliphatic heterocycles. The van der Waals surface area contributed by atoms with Crippen molar-refractivity contribution in [1.29, 1.82) is 0 Å². The Kier molecular flexibility index (Phi) is 12.0. The molecule has 6 fully saturated rings. The van der Waals surface area contributed by atoms with Gasteiger partial charge in [-0.05, 0) is 13.2 Å². The Morgan fingerprint density at radius 1 is 0.565 bits per heavy atom. The molecule has 4 spiro atoms. The average molecular weight is 915 g/mol. The van der Waals surface area contributed by atoms with E-state index in [0.717, 1.165) is 174 Å². The molecule has 6 saturated heterocycles. The predicted molar refractivity (Wildman–Crippen MR) is 238 cm³/mol. The summed E-state index contributed by atoms with van der Waals surface area (Å²) < 4.78 is 4.18. The number of thioether (sulfide) groups is 1. The molecule has 62 heavy (non-hydrogen) atoms. The Morgan fingerprint density at radius 3 is 1.24 bits per heavy atom. The molecule has 3 aromatic heterocycles. The van der Waals surface area contributed by atoms with Crippen molar-refractivity contribution in [3.63, 3.8) is 0 Å². The molecule has 6 aliphatic rings. The molecule has 0 N–H and O–H groups in total. The van der Waals surface area contributed by atoms with Crippen LogP contribution in [0.3, 0.4) is 0 Å². The maximum absolute atomic E-state index is 12.8. The highest BCUT2D eigenvalue weighted by Crippen LogP contribution is 2.38. The lowest BCUT2D eigenvalue weighted by atomic mass is 10.1. The minimum Gasteiger partial charge on any atom is -0.345 e. The largest absolute Gasteiger partial charge is 0.353 e. The van der Waals surface area contributed by atoms with Crippen LogP contribution in [0.5, 0.6) is 0 Å². The number of aromatic nitrogens is 6. The molecule has 3 aromatic rings. The van der Waals surface area contributed by atoms with E-state index in [2.05, 4.69) is 49.5 Å². The number of quaternary nitrogens is 4. The summed E-state index contributed by atoms with van der Waals surface area (Å²) in [5.41, 5.74) is 0.752. The summed E-state index contributed by atoms with van der Waals surface area (Å²) in [5.74, 6) is 2.71. The van der Waals surface area contributed by atoms with E-state index in [1.165, 1.54) is 18.1 Å². The van der Waals surface area contributed by atoms with Crippen LogP contribution in [0.15, 0.2) is 11.5 Å². The van der Waals surface area contributed by atoms with E-state index in [1.807, 2.05) is 6.26 Å². The van der Waals surface area contributed by atoms with Crippen molar-refractivity contribution in [2.75, 3.05) is 183 Å². The van der Waals surface area contributed by atoms with Gasteiger partial charge in [-0.25, -0.2) is 29.9 Å². The average Bonchev–Trinajstić information content (AvgIpc) is 3.29. The van der Waals surface area contributed by atoms with Crippen molar-refractivity contribution in [3.8, 4) is 0 Å². The number of nitrogens with zero attached hydrogens (tertiary/aromatic N) is 15. The lowest BCUT2D eigenvalue weighted by Gasteiger charge is -2.54.